The zero-order valence-corrected chi connectivity index (χ0v) is 12.5. The average Bonchev–Trinajstić information content (AvgIpc) is 2.72. The van der Waals surface area contributed by atoms with E-state index in [0.717, 1.165) is 43.0 Å². The summed E-state index contributed by atoms with van der Waals surface area (Å²) < 4.78 is 0. The standard InChI is InChI=1S/C16H26N2O/c1-4-14-12(2)16(17-13(14)3)15(19)8-11-18-9-6-5-7-10-18/h17H,4-11H2,1-3H3. The van der Waals surface area contributed by atoms with Crippen molar-refractivity contribution in [3.8, 4) is 0 Å². The summed E-state index contributed by atoms with van der Waals surface area (Å²) in [4.78, 5) is 18.0. The molecule has 2 heterocycles. The minimum Gasteiger partial charge on any atom is -0.356 e. The summed E-state index contributed by atoms with van der Waals surface area (Å²) in [5.74, 6) is 0.269. The molecule has 1 aliphatic rings. The number of rotatable bonds is 5. The van der Waals surface area contributed by atoms with E-state index in [1.165, 1.54) is 24.8 Å². The molecule has 1 fully saturated rings. The highest BCUT2D eigenvalue weighted by molar-refractivity contribution is 5.96. The molecule has 106 valence electrons. The van der Waals surface area contributed by atoms with Gasteiger partial charge in [0.2, 0.25) is 0 Å². The monoisotopic (exact) mass is 262 g/mol. The highest BCUT2D eigenvalue weighted by atomic mass is 16.1. The maximum absolute atomic E-state index is 12.3. The molecule has 3 nitrogen and oxygen atoms in total. The minimum absolute atomic E-state index is 0.269. The number of hydrogen-bond acceptors (Lipinski definition) is 2. The number of aryl methyl sites for hydroxylation is 1. The van der Waals surface area contributed by atoms with Crippen molar-refractivity contribution in [3.05, 3.63) is 22.5 Å². The van der Waals surface area contributed by atoms with E-state index in [1.54, 1.807) is 0 Å². The maximum Gasteiger partial charge on any atom is 0.180 e. The lowest BCUT2D eigenvalue weighted by Gasteiger charge is -2.25. The number of H-pyrrole nitrogens is 1. The number of Topliss-reactive ketones (excluding diaryl/α,β-unsaturated/α-hetero) is 1. The Balaban J connectivity index is 1.96. The predicted octanol–water partition coefficient (Wildman–Crippen LogP) is 3.25. The molecule has 0 amide bonds. The van der Waals surface area contributed by atoms with Crippen molar-refractivity contribution in [2.45, 2.75) is 52.9 Å². The fourth-order valence-corrected chi connectivity index (χ4v) is 3.17. The number of nitrogens with one attached hydrogen (secondary N) is 1. The molecule has 1 aromatic heterocycles. The van der Waals surface area contributed by atoms with Crippen molar-refractivity contribution < 1.29 is 4.79 Å². The van der Waals surface area contributed by atoms with E-state index in [4.69, 9.17) is 0 Å². The fraction of sp³-hybridized carbons (Fsp3) is 0.688. The molecule has 1 aromatic rings. The Morgan fingerprint density at radius 1 is 1.21 bits per heavy atom. The Morgan fingerprint density at radius 2 is 1.89 bits per heavy atom. The van der Waals surface area contributed by atoms with Gasteiger partial charge in [0.05, 0.1) is 5.69 Å². The molecule has 3 heteroatoms. The second-order valence-corrected chi connectivity index (χ2v) is 5.66. The number of carbonyl (C=O) groups is 1. The molecule has 1 saturated heterocycles. The van der Waals surface area contributed by atoms with E-state index in [1.807, 2.05) is 0 Å². The molecule has 0 bridgehead atoms. The normalized spacial score (nSPS) is 16.8. The second-order valence-electron chi connectivity index (χ2n) is 5.66. The summed E-state index contributed by atoms with van der Waals surface area (Å²) in [5.41, 5.74) is 4.46. The summed E-state index contributed by atoms with van der Waals surface area (Å²) in [6.07, 6.45) is 5.56. The topological polar surface area (TPSA) is 36.1 Å². The van der Waals surface area contributed by atoms with Crippen LogP contribution in [0.25, 0.3) is 0 Å². The summed E-state index contributed by atoms with van der Waals surface area (Å²) >= 11 is 0. The highest BCUT2D eigenvalue weighted by Gasteiger charge is 2.17. The number of ketones is 1. The molecule has 0 aliphatic carbocycles. The van der Waals surface area contributed by atoms with Gasteiger partial charge in [0.15, 0.2) is 5.78 Å². The SMILES string of the molecule is CCc1c(C)[nH]c(C(=O)CCN2CCCCC2)c1C. The molecular formula is C16H26N2O. The number of hydrogen-bond donors (Lipinski definition) is 1. The molecule has 0 atom stereocenters. The van der Waals surface area contributed by atoms with Crippen LogP contribution < -0.4 is 0 Å². The summed E-state index contributed by atoms with van der Waals surface area (Å²) in [6, 6.07) is 0. The second kappa shape index (κ2) is 6.38. The van der Waals surface area contributed by atoms with Gasteiger partial charge in [0.1, 0.15) is 0 Å². The number of carbonyl (C=O) groups excluding carboxylic acids is 1. The first kappa shape index (κ1) is 14.3. The van der Waals surface area contributed by atoms with E-state index in [0.29, 0.717) is 6.42 Å². The van der Waals surface area contributed by atoms with Crippen molar-refractivity contribution in [2.24, 2.45) is 0 Å². The van der Waals surface area contributed by atoms with Gasteiger partial charge in [-0.05, 0) is 57.3 Å². The number of likely N-dealkylation sites (tertiary alicyclic amines) is 1. The maximum atomic E-state index is 12.3. The molecule has 0 unspecified atom stereocenters. The van der Waals surface area contributed by atoms with Gasteiger partial charge in [-0.3, -0.25) is 4.79 Å². The third-order valence-electron chi connectivity index (χ3n) is 4.33. The van der Waals surface area contributed by atoms with Gasteiger partial charge < -0.3 is 9.88 Å². The molecule has 2 rings (SSSR count). The molecule has 0 spiro atoms. The van der Waals surface area contributed by atoms with E-state index >= 15 is 0 Å². The van der Waals surface area contributed by atoms with Crippen LogP contribution in [0.2, 0.25) is 0 Å². The quantitative estimate of drug-likeness (QED) is 0.827. The summed E-state index contributed by atoms with van der Waals surface area (Å²) in [6.45, 7) is 9.51. The van der Waals surface area contributed by atoms with Gasteiger partial charge in [-0.25, -0.2) is 0 Å². The molecular weight excluding hydrogens is 236 g/mol. The first-order chi connectivity index (χ1) is 9.13. The molecule has 0 radical (unpaired) electrons. The van der Waals surface area contributed by atoms with E-state index in [9.17, 15) is 4.79 Å². The van der Waals surface area contributed by atoms with Gasteiger partial charge in [-0.2, -0.15) is 0 Å². The van der Waals surface area contributed by atoms with Gasteiger partial charge >= 0.3 is 0 Å². The van der Waals surface area contributed by atoms with Crippen LogP contribution in [0, 0.1) is 13.8 Å². The lowest BCUT2D eigenvalue weighted by atomic mass is 10.0. The number of aromatic nitrogens is 1. The van der Waals surface area contributed by atoms with Crippen LogP contribution in [-0.2, 0) is 6.42 Å². The van der Waals surface area contributed by atoms with Crippen LogP contribution in [0.3, 0.4) is 0 Å². The summed E-state index contributed by atoms with van der Waals surface area (Å²) in [5, 5.41) is 0. The fourth-order valence-electron chi connectivity index (χ4n) is 3.17. The van der Waals surface area contributed by atoms with Crippen LogP contribution >= 0.6 is 0 Å². The Bertz CT molecular complexity index is 442. The Morgan fingerprint density at radius 3 is 2.47 bits per heavy atom. The third-order valence-corrected chi connectivity index (χ3v) is 4.33. The predicted molar refractivity (Wildman–Crippen MR) is 78.9 cm³/mol. The number of piperidine rings is 1. The minimum atomic E-state index is 0.269. The third kappa shape index (κ3) is 3.27. The highest BCUT2D eigenvalue weighted by Crippen LogP contribution is 2.20. The number of aromatic amines is 1. The zero-order chi connectivity index (χ0) is 13.8. The number of nitrogens with zero attached hydrogens (tertiary/aromatic N) is 1. The Kier molecular flexibility index (Phi) is 4.81. The lowest BCUT2D eigenvalue weighted by Crippen LogP contribution is -2.31. The zero-order valence-electron chi connectivity index (χ0n) is 12.5. The van der Waals surface area contributed by atoms with Gasteiger partial charge in [0, 0.05) is 18.7 Å². The summed E-state index contributed by atoms with van der Waals surface area (Å²) in [7, 11) is 0. The molecule has 1 N–H and O–H groups in total. The van der Waals surface area contributed by atoms with Crippen molar-refractivity contribution in [3.63, 3.8) is 0 Å². The average molecular weight is 262 g/mol. The molecule has 1 aliphatic heterocycles. The van der Waals surface area contributed by atoms with Crippen molar-refractivity contribution in [1.29, 1.82) is 0 Å². The van der Waals surface area contributed by atoms with Crippen molar-refractivity contribution in [2.75, 3.05) is 19.6 Å². The molecule has 19 heavy (non-hydrogen) atoms. The first-order valence-corrected chi connectivity index (χ1v) is 7.57. The largest absolute Gasteiger partial charge is 0.356 e. The van der Waals surface area contributed by atoms with Gasteiger partial charge in [-0.1, -0.05) is 13.3 Å². The van der Waals surface area contributed by atoms with E-state index < -0.39 is 0 Å². The van der Waals surface area contributed by atoms with Crippen LogP contribution in [0.5, 0.6) is 0 Å². The molecule has 0 aromatic carbocycles. The van der Waals surface area contributed by atoms with Crippen LogP contribution in [0.1, 0.15) is 59.9 Å². The van der Waals surface area contributed by atoms with Crippen molar-refractivity contribution >= 4 is 5.78 Å². The van der Waals surface area contributed by atoms with E-state index in [2.05, 4.69) is 30.7 Å². The Labute approximate surface area is 116 Å². The van der Waals surface area contributed by atoms with Gasteiger partial charge in [0.25, 0.3) is 0 Å². The van der Waals surface area contributed by atoms with Crippen LogP contribution in [0.4, 0.5) is 0 Å². The smallest absolute Gasteiger partial charge is 0.180 e. The molecule has 0 saturated carbocycles. The van der Waals surface area contributed by atoms with Crippen LogP contribution in [-0.4, -0.2) is 35.3 Å². The van der Waals surface area contributed by atoms with E-state index in [-0.39, 0.29) is 5.78 Å². The van der Waals surface area contributed by atoms with Crippen LogP contribution in [0.15, 0.2) is 0 Å². The Hall–Kier alpha value is -1.09. The lowest BCUT2D eigenvalue weighted by molar-refractivity contribution is 0.0953. The first-order valence-electron chi connectivity index (χ1n) is 7.57. The van der Waals surface area contributed by atoms with Crippen molar-refractivity contribution in [1.82, 2.24) is 9.88 Å². The van der Waals surface area contributed by atoms with Gasteiger partial charge in [-0.15, -0.1) is 0 Å².